The van der Waals surface area contributed by atoms with E-state index in [1.165, 1.54) is 42.4 Å². The zero-order valence-electron chi connectivity index (χ0n) is 17.2. The molecule has 0 aliphatic rings. The number of furan rings is 1. The third-order valence-electron chi connectivity index (χ3n) is 6.29. The molecule has 5 aromatic carbocycles. The monoisotopic (exact) mass is 426 g/mol. The molecule has 1 nitrogen and oxygen atoms in total. The summed E-state index contributed by atoms with van der Waals surface area (Å²) in [4.78, 5) is 0. The third-order valence-corrected chi connectivity index (χ3v) is 7.44. The molecular formula is C30H18OS. The lowest BCUT2D eigenvalue weighted by molar-refractivity contribution is 0.669. The largest absolute Gasteiger partial charge is 0.456 e. The Morgan fingerprint density at radius 1 is 0.438 bits per heavy atom. The maximum atomic E-state index is 6.22. The molecule has 0 spiro atoms. The average Bonchev–Trinajstić information content (AvgIpc) is 3.41. The number of hydrogen-bond donors (Lipinski definition) is 0. The van der Waals surface area contributed by atoms with Crippen molar-refractivity contribution in [3.8, 4) is 22.3 Å². The fourth-order valence-electron chi connectivity index (χ4n) is 4.76. The van der Waals surface area contributed by atoms with Crippen molar-refractivity contribution in [2.75, 3.05) is 0 Å². The van der Waals surface area contributed by atoms with Gasteiger partial charge in [0, 0.05) is 30.9 Å². The summed E-state index contributed by atoms with van der Waals surface area (Å²) in [6.07, 6.45) is 0. The fraction of sp³-hybridized carbons (Fsp3) is 0. The molecule has 0 radical (unpaired) electrons. The molecule has 0 atom stereocenters. The highest BCUT2D eigenvalue weighted by Crippen LogP contribution is 2.42. The second-order valence-corrected chi connectivity index (χ2v) is 9.25. The lowest BCUT2D eigenvalue weighted by atomic mass is 9.92. The van der Waals surface area contributed by atoms with Gasteiger partial charge in [-0.15, -0.1) is 11.3 Å². The summed E-state index contributed by atoms with van der Waals surface area (Å²) in [5.74, 6) is 0. The summed E-state index contributed by atoms with van der Waals surface area (Å²) in [7, 11) is 0. The Kier molecular flexibility index (Phi) is 3.78. The van der Waals surface area contributed by atoms with Crippen molar-refractivity contribution in [3.05, 3.63) is 109 Å². The quantitative estimate of drug-likeness (QED) is 0.268. The molecule has 2 aromatic heterocycles. The van der Waals surface area contributed by atoms with Crippen molar-refractivity contribution >= 4 is 53.4 Å². The zero-order chi connectivity index (χ0) is 21.1. The average molecular weight is 427 g/mol. The predicted octanol–water partition coefficient (Wildman–Crippen LogP) is 9.29. The second-order valence-electron chi connectivity index (χ2n) is 8.17. The van der Waals surface area contributed by atoms with E-state index >= 15 is 0 Å². The van der Waals surface area contributed by atoms with Crippen molar-refractivity contribution in [2.45, 2.75) is 0 Å². The molecule has 0 aliphatic heterocycles. The highest BCUT2D eigenvalue weighted by Gasteiger charge is 2.15. The van der Waals surface area contributed by atoms with Gasteiger partial charge in [0.1, 0.15) is 11.2 Å². The highest BCUT2D eigenvalue weighted by atomic mass is 32.1. The first-order valence-electron chi connectivity index (χ1n) is 10.8. The minimum Gasteiger partial charge on any atom is -0.456 e. The molecule has 150 valence electrons. The Morgan fingerprint density at radius 3 is 2.06 bits per heavy atom. The van der Waals surface area contributed by atoms with Gasteiger partial charge in [0.2, 0.25) is 0 Å². The highest BCUT2D eigenvalue weighted by molar-refractivity contribution is 7.25. The zero-order valence-corrected chi connectivity index (χ0v) is 18.0. The van der Waals surface area contributed by atoms with Crippen LogP contribution in [0.5, 0.6) is 0 Å². The number of rotatable bonds is 2. The van der Waals surface area contributed by atoms with Gasteiger partial charge in [-0.3, -0.25) is 0 Å². The van der Waals surface area contributed by atoms with Crippen LogP contribution in [0.4, 0.5) is 0 Å². The van der Waals surface area contributed by atoms with Gasteiger partial charge in [-0.05, 0) is 58.7 Å². The summed E-state index contributed by atoms with van der Waals surface area (Å²) < 4.78 is 8.88. The summed E-state index contributed by atoms with van der Waals surface area (Å²) in [5, 5.41) is 4.96. The smallest absolute Gasteiger partial charge is 0.136 e. The van der Waals surface area contributed by atoms with Crippen LogP contribution in [0.2, 0.25) is 0 Å². The van der Waals surface area contributed by atoms with Gasteiger partial charge >= 0.3 is 0 Å². The first-order chi connectivity index (χ1) is 15.8. The van der Waals surface area contributed by atoms with Gasteiger partial charge < -0.3 is 4.42 Å². The number of para-hydroxylation sites is 1. The maximum Gasteiger partial charge on any atom is 0.136 e. The van der Waals surface area contributed by atoms with Gasteiger partial charge in [-0.25, -0.2) is 0 Å². The Labute approximate surface area is 189 Å². The predicted molar refractivity (Wildman–Crippen MR) is 137 cm³/mol. The first kappa shape index (κ1) is 17.8. The second kappa shape index (κ2) is 6.81. The molecule has 0 amide bonds. The molecule has 7 rings (SSSR count). The van der Waals surface area contributed by atoms with E-state index in [1.807, 2.05) is 23.5 Å². The van der Waals surface area contributed by atoms with Crippen LogP contribution in [0.15, 0.2) is 114 Å². The van der Waals surface area contributed by atoms with E-state index in [-0.39, 0.29) is 0 Å². The number of fused-ring (bicyclic) bond motifs is 6. The standard InChI is InChI=1S/C30H18OS/c1-2-8-19(9-3-1)24-18-28-25(21-10-4-6-12-27(21)31-28)17-23(24)20-14-15-30-26(16-20)22-11-5-7-13-29(22)32-30/h1-18H. The Balaban J connectivity index is 1.57. The van der Waals surface area contributed by atoms with E-state index in [0.717, 1.165) is 21.9 Å². The number of hydrogen-bond acceptors (Lipinski definition) is 2. The summed E-state index contributed by atoms with van der Waals surface area (Å²) in [5.41, 5.74) is 6.70. The fourth-order valence-corrected chi connectivity index (χ4v) is 5.85. The van der Waals surface area contributed by atoms with Gasteiger partial charge in [0.05, 0.1) is 0 Å². The molecule has 0 saturated heterocycles. The Bertz CT molecular complexity index is 1770. The number of benzene rings is 5. The molecule has 0 unspecified atom stereocenters. The van der Waals surface area contributed by atoms with E-state index in [2.05, 4.69) is 97.1 Å². The third kappa shape index (κ3) is 2.63. The van der Waals surface area contributed by atoms with Crippen LogP contribution < -0.4 is 0 Å². The van der Waals surface area contributed by atoms with Crippen LogP contribution in [0.1, 0.15) is 0 Å². The van der Waals surface area contributed by atoms with E-state index in [1.54, 1.807) is 0 Å². The van der Waals surface area contributed by atoms with E-state index in [4.69, 9.17) is 4.42 Å². The molecule has 32 heavy (non-hydrogen) atoms. The van der Waals surface area contributed by atoms with Crippen molar-refractivity contribution in [1.82, 2.24) is 0 Å². The van der Waals surface area contributed by atoms with Gasteiger partial charge in [-0.1, -0.05) is 72.8 Å². The lowest BCUT2D eigenvalue weighted by Gasteiger charge is -2.11. The molecular weight excluding hydrogens is 408 g/mol. The van der Waals surface area contributed by atoms with Crippen LogP contribution in [-0.2, 0) is 0 Å². The first-order valence-corrected chi connectivity index (χ1v) is 11.6. The van der Waals surface area contributed by atoms with E-state index in [9.17, 15) is 0 Å². The molecule has 0 aliphatic carbocycles. The summed E-state index contributed by atoms with van der Waals surface area (Å²) in [6.45, 7) is 0. The maximum absolute atomic E-state index is 6.22. The molecule has 7 aromatic rings. The molecule has 2 heteroatoms. The van der Waals surface area contributed by atoms with Gasteiger partial charge in [-0.2, -0.15) is 0 Å². The van der Waals surface area contributed by atoms with Crippen LogP contribution in [0.25, 0.3) is 64.4 Å². The van der Waals surface area contributed by atoms with Crippen LogP contribution >= 0.6 is 11.3 Å². The van der Waals surface area contributed by atoms with Crippen molar-refractivity contribution in [2.24, 2.45) is 0 Å². The van der Waals surface area contributed by atoms with Crippen LogP contribution in [0.3, 0.4) is 0 Å². The molecule has 0 fully saturated rings. The SMILES string of the molecule is c1ccc(-c2cc3oc4ccccc4c3cc2-c2ccc3sc4ccccc4c3c2)cc1. The van der Waals surface area contributed by atoms with E-state index in [0.29, 0.717) is 0 Å². The molecule has 0 bridgehead atoms. The number of thiophene rings is 1. The Morgan fingerprint density at radius 2 is 1.16 bits per heavy atom. The molecule has 0 saturated carbocycles. The lowest BCUT2D eigenvalue weighted by Crippen LogP contribution is -1.86. The summed E-state index contributed by atoms with van der Waals surface area (Å²) in [6, 6.07) is 38.9. The van der Waals surface area contributed by atoms with Gasteiger partial charge in [0.15, 0.2) is 0 Å². The van der Waals surface area contributed by atoms with E-state index < -0.39 is 0 Å². The van der Waals surface area contributed by atoms with Gasteiger partial charge in [0.25, 0.3) is 0 Å². The minimum atomic E-state index is 0.927. The minimum absolute atomic E-state index is 0.927. The molecule has 0 N–H and O–H groups in total. The topological polar surface area (TPSA) is 13.1 Å². The normalized spacial score (nSPS) is 11.8. The van der Waals surface area contributed by atoms with Crippen molar-refractivity contribution in [1.29, 1.82) is 0 Å². The van der Waals surface area contributed by atoms with Crippen molar-refractivity contribution in [3.63, 3.8) is 0 Å². The van der Waals surface area contributed by atoms with Crippen LogP contribution in [0, 0.1) is 0 Å². The summed E-state index contributed by atoms with van der Waals surface area (Å²) >= 11 is 1.86. The van der Waals surface area contributed by atoms with Crippen molar-refractivity contribution < 1.29 is 4.42 Å². The van der Waals surface area contributed by atoms with Crippen LogP contribution in [-0.4, -0.2) is 0 Å². The molecule has 2 heterocycles. The Hall–Kier alpha value is -3.88.